The molecule has 0 fully saturated rings. The van der Waals surface area contributed by atoms with Crippen molar-refractivity contribution in [3.8, 4) is 0 Å². The van der Waals surface area contributed by atoms with Gasteiger partial charge in [-0.2, -0.15) is 9.76 Å². The van der Waals surface area contributed by atoms with Crippen molar-refractivity contribution in [3.05, 3.63) is 86.7 Å². The van der Waals surface area contributed by atoms with Gasteiger partial charge in [0.2, 0.25) is 11.1 Å². The van der Waals surface area contributed by atoms with Gasteiger partial charge in [0.15, 0.2) is 11.6 Å². The van der Waals surface area contributed by atoms with E-state index in [1.807, 2.05) is 36.7 Å². The van der Waals surface area contributed by atoms with E-state index >= 15 is 0 Å². The van der Waals surface area contributed by atoms with Crippen LogP contribution >= 0.6 is 0 Å². The van der Waals surface area contributed by atoms with Crippen LogP contribution in [0, 0.1) is 0 Å². The molecule has 0 radical (unpaired) electrons. The second-order valence-electron chi connectivity index (χ2n) is 9.50. The molecule has 0 saturated carbocycles. The molecule has 282 valence electrons. The highest BCUT2D eigenvalue weighted by molar-refractivity contribution is 7.80. The largest absolute Gasteiger partial charge is 0.451 e. The van der Waals surface area contributed by atoms with Crippen molar-refractivity contribution in [2.45, 2.75) is 59.4 Å². The van der Waals surface area contributed by atoms with Crippen molar-refractivity contribution in [1.82, 2.24) is 34.5 Å². The molecule has 0 aliphatic rings. The first-order valence-electron chi connectivity index (χ1n) is 15.4. The zero-order valence-corrected chi connectivity index (χ0v) is 29.8. The summed E-state index contributed by atoms with van der Waals surface area (Å²) in [5.74, 6) is 0.629. The van der Waals surface area contributed by atoms with Crippen molar-refractivity contribution >= 4 is 34.6 Å². The van der Waals surface area contributed by atoms with Crippen molar-refractivity contribution in [2.75, 3.05) is 45.1 Å². The number of carbonyl (C=O) groups excluding carboxylic acids is 2. The van der Waals surface area contributed by atoms with Crippen molar-refractivity contribution in [1.29, 1.82) is 0 Å². The lowest BCUT2D eigenvalue weighted by Gasteiger charge is -2.09. The number of aromatic nitrogens is 6. The molecule has 1 unspecified atom stereocenters. The number of rotatable bonds is 12. The van der Waals surface area contributed by atoms with Gasteiger partial charge in [-0.1, -0.05) is 51.6 Å². The highest BCUT2D eigenvalue weighted by Gasteiger charge is 2.20. The van der Waals surface area contributed by atoms with E-state index in [4.69, 9.17) is 19.7 Å². The number of ether oxygens (including phenoxy) is 1. The third kappa shape index (κ3) is 11.5. The first-order chi connectivity index (χ1) is 24.1. The molecule has 4 aromatic rings. The summed E-state index contributed by atoms with van der Waals surface area (Å²) >= 11 is -1.98. The molecule has 5 N–H and O–H groups in total. The Balaban J connectivity index is 0.000000422. The Bertz CT molecular complexity index is 1830. The van der Waals surface area contributed by atoms with Gasteiger partial charge in [0.1, 0.15) is 14.2 Å². The molecule has 20 heteroatoms. The van der Waals surface area contributed by atoms with Gasteiger partial charge in [-0.3, -0.25) is 0 Å². The minimum atomic E-state index is -1.98. The Morgan fingerprint density at radius 2 is 1.27 bits per heavy atom. The average Bonchev–Trinajstić information content (AvgIpc) is 3.65. The predicted octanol–water partition coefficient (Wildman–Crippen LogP) is 1.80. The van der Waals surface area contributed by atoms with Crippen LogP contribution in [0.25, 0.3) is 0 Å². The predicted molar refractivity (Wildman–Crippen MR) is 192 cm³/mol. The van der Waals surface area contributed by atoms with Crippen LogP contribution < -0.4 is 42.9 Å². The molecule has 1 atom stereocenters. The third-order valence-electron chi connectivity index (χ3n) is 6.39. The summed E-state index contributed by atoms with van der Waals surface area (Å²) in [7, 11) is 3.78. The number of carbonyl (C=O) groups is 2. The Labute approximate surface area is 298 Å². The lowest BCUT2D eigenvalue weighted by atomic mass is 10.2. The summed E-state index contributed by atoms with van der Waals surface area (Å²) < 4.78 is 24.5. The number of methoxy groups -OCH3 is 1. The first-order valence-corrected chi connectivity index (χ1v) is 16.5. The monoisotopic (exact) mass is 736 g/mol. The lowest BCUT2D eigenvalue weighted by Crippen LogP contribution is -2.39. The molecule has 1 amide bonds. The number of amides is 1. The second kappa shape index (κ2) is 22.3. The molecule has 0 aliphatic carbocycles. The minimum Gasteiger partial charge on any atom is -0.451 e. The first kappa shape index (κ1) is 43.6. The van der Waals surface area contributed by atoms with E-state index in [-0.39, 0.29) is 13.3 Å². The zero-order chi connectivity index (χ0) is 37.2. The molecular formula is C31H48N10O9S. The number of benzene rings is 2. The van der Waals surface area contributed by atoms with E-state index in [2.05, 4.69) is 32.5 Å². The molecule has 19 nitrogen and oxygen atoms in total. The Morgan fingerprint density at radius 1 is 0.784 bits per heavy atom. The van der Waals surface area contributed by atoms with Gasteiger partial charge in [0, 0.05) is 38.2 Å². The number of hydroxylamine groups is 1. The maximum Gasteiger partial charge on any atom is 0.439 e. The van der Waals surface area contributed by atoms with Gasteiger partial charge < -0.3 is 30.8 Å². The number of hydrogen-bond donors (Lipinski definition) is 4. The van der Waals surface area contributed by atoms with Gasteiger partial charge >= 0.3 is 23.5 Å². The summed E-state index contributed by atoms with van der Waals surface area (Å²) in [6.07, 6.45) is 0.0275. The number of anilines is 2. The summed E-state index contributed by atoms with van der Waals surface area (Å²) in [6, 6.07) is 13.9. The van der Waals surface area contributed by atoms with Crippen LogP contribution in [-0.2, 0) is 39.5 Å². The molecule has 0 spiro atoms. The van der Waals surface area contributed by atoms with Crippen LogP contribution in [0.4, 0.5) is 21.0 Å². The maximum atomic E-state index is 12.2. The lowest BCUT2D eigenvalue weighted by molar-refractivity contribution is 0.143. The summed E-state index contributed by atoms with van der Waals surface area (Å²) in [4.78, 5) is 56.5. The van der Waals surface area contributed by atoms with Crippen molar-refractivity contribution in [2.24, 2.45) is 5.73 Å². The van der Waals surface area contributed by atoms with Gasteiger partial charge in [0.05, 0.1) is 17.7 Å². The van der Waals surface area contributed by atoms with Crippen LogP contribution in [0.3, 0.4) is 0 Å². The second-order valence-corrected chi connectivity index (χ2v) is 10.6. The maximum absolute atomic E-state index is 12.2. The highest BCUT2D eigenvalue weighted by atomic mass is 32.2. The number of para-hydroxylation sites is 2. The molecule has 0 bridgehead atoms. The van der Waals surface area contributed by atoms with Gasteiger partial charge in [-0.25, -0.2) is 23.4 Å². The molecule has 51 heavy (non-hydrogen) atoms. The Hall–Kier alpha value is -5.47. The summed E-state index contributed by atoms with van der Waals surface area (Å²) in [5.41, 5.74) is 8.98. The van der Waals surface area contributed by atoms with E-state index in [1.165, 1.54) is 26.9 Å². The van der Waals surface area contributed by atoms with Crippen LogP contribution in [0.15, 0.2) is 63.0 Å². The number of hydrogen-bond acceptors (Lipinski definition) is 14. The summed E-state index contributed by atoms with van der Waals surface area (Å²) in [5, 5.41) is 13.9. The zero-order valence-electron chi connectivity index (χ0n) is 29.0. The molecule has 2 heterocycles. The normalized spacial score (nSPS) is 10.6. The fraction of sp³-hybridized carbons (Fsp3) is 0.419. The SMILES string of the molecule is C.CCNc1ccccc1CN.CCNc1ccccc1S(=O)ONC(=O)n1nc(CC)n(OC)c1=O.CCc1nn(C(=O)OC)c(=O)n1OC. The fourth-order valence-electron chi connectivity index (χ4n) is 4.10. The van der Waals surface area contributed by atoms with E-state index in [0.717, 1.165) is 21.7 Å². The van der Waals surface area contributed by atoms with Gasteiger partial charge in [-0.05, 0) is 37.6 Å². The molecule has 4 rings (SSSR count). The van der Waals surface area contributed by atoms with E-state index in [9.17, 15) is 23.4 Å². The number of nitrogens with zero attached hydrogens (tertiary/aromatic N) is 6. The van der Waals surface area contributed by atoms with Gasteiger partial charge in [-0.15, -0.1) is 29.0 Å². The number of nitrogens with one attached hydrogen (secondary N) is 3. The smallest absolute Gasteiger partial charge is 0.439 e. The van der Waals surface area contributed by atoms with Crippen LogP contribution in [0.1, 0.15) is 52.3 Å². The van der Waals surface area contributed by atoms with Gasteiger partial charge in [0.25, 0.3) is 0 Å². The van der Waals surface area contributed by atoms with E-state index < -0.39 is 34.6 Å². The van der Waals surface area contributed by atoms with E-state index in [0.29, 0.717) is 51.7 Å². The standard InChI is InChI=1S/C14H19N5O5S.C9H14N2.C7H11N3O4.CH4/c1-4-12-16-18(14(21)19(12)23-3)13(20)17-24-25(22)11-9-7-6-8-10(11)15-5-2;1-2-11-9-6-4-3-5-8(9)7-10;1-4-5-8-9(7(12)13-2)6(11)10(5)14-3;/h6-9,15H,4-5H2,1-3H3,(H,17,20);3-6,11H,2,7,10H2,1H3;4H2,1-3H3;1H4. The molecule has 0 aliphatic heterocycles. The van der Waals surface area contributed by atoms with Crippen LogP contribution in [0.2, 0.25) is 0 Å². The van der Waals surface area contributed by atoms with E-state index in [1.54, 1.807) is 38.1 Å². The van der Waals surface area contributed by atoms with Crippen molar-refractivity contribution < 1.29 is 32.5 Å². The molecule has 2 aromatic heterocycles. The quantitative estimate of drug-likeness (QED) is 0.152. The summed E-state index contributed by atoms with van der Waals surface area (Å²) in [6.45, 7) is 9.69. The number of aryl methyl sites for hydroxylation is 2. The Morgan fingerprint density at radius 3 is 1.76 bits per heavy atom. The van der Waals surface area contributed by atoms with Crippen LogP contribution in [0.5, 0.6) is 0 Å². The minimum absolute atomic E-state index is 0. The fourth-order valence-corrected chi connectivity index (χ4v) is 4.84. The molecule has 0 saturated heterocycles. The molecule has 2 aromatic carbocycles. The third-order valence-corrected chi connectivity index (χ3v) is 7.34. The van der Waals surface area contributed by atoms with Crippen molar-refractivity contribution in [3.63, 3.8) is 0 Å². The highest BCUT2D eigenvalue weighted by Crippen LogP contribution is 2.19. The number of nitrogens with two attached hydrogens (primary N) is 1. The Kier molecular flexibility index (Phi) is 19.0. The van der Waals surface area contributed by atoms with Crippen LogP contribution in [-0.4, -0.2) is 79.8 Å². The average molecular weight is 737 g/mol. The topological polar surface area (TPSA) is 230 Å². The molecular weight excluding hydrogens is 688 g/mol.